The minimum atomic E-state index is -0.942. The number of unbranched alkanes of at least 4 members (excludes halogenated alkanes) is 1. The van der Waals surface area contributed by atoms with Crippen molar-refractivity contribution in [1.82, 2.24) is 4.57 Å². The van der Waals surface area contributed by atoms with E-state index < -0.39 is 24.1 Å². The highest BCUT2D eigenvalue weighted by Gasteiger charge is 2.18. The van der Waals surface area contributed by atoms with E-state index in [4.69, 9.17) is 26.0 Å². The van der Waals surface area contributed by atoms with Crippen molar-refractivity contribution in [2.45, 2.75) is 63.1 Å². The summed E-state index contributed by atoms with van der Waals surface area (Å²) in [5.74, 6) is -1.11. The van der Waals surface area contributed by atoms with Gasteiger partial charge in [0.2, 0.25) is 0 Å². The van der Waals surface area contributed by atoms with E-state index in [9.17, 15) is 14.7 Å². The van der Waals surface area contributed by atoms with Crippen LogP contribution in [0.3, 0.4) is 0 Å². The molecule has 0 radical (unpaired) electrons. The summed E-state index contributed by atoms with van der Waals surface area (Å²) in [6, 6.07) is 19.7. The van der Waals surface area contributed by atoms with E-state index in [1.807, 2.05) is 24.3 Å². The molecule has 0 amide bonds. The van der Waals surface area contributed by atoms with E-state index in [1.165, 1.54) is 21.8 Å². The summed E-state index contributed by atoms with van der Waals surface area (Å²) in [5, 5.41) is 17.6. The molecule has 224 valence electrons. The van der Waals surface area contributed by atoms with Crippen molar-refractivity contribution in [3.05, 3.63) is 71.9 Å². The van der Waals surface area contributed by atoms with Crippen molar-refractivity contribution in [3.63, 3.8) is 0 Å². The first kappa shape index (κ1) is 33.9. The minimum Gasteiger partial charge on any atom is -0.492 e. The number of hydrogen-bond donors (Lipinski definition) is 4. The molecule has 10 heteroatoms. The minimum absolute atomic E-state index is 0.338. The Morgan fingerprint density at radius 3 is 2.22 bits per heavy atom. The maximum Gasteiger partial charge on any atom is 0.333 e. The summed E-state index contributed by atoms with van der Waals surface area (Å²) >= 11 is 1.74. The molecular formula is C31H43N3O6S. The van der Waals surface area contributed by atoms with Crippen molar-refractivity contribution in [2.75, 3.05) is 26.0 Å². The number of ether oxygens (including phenoxy) is 2. The van der Waals surface area contributed by atoms with Crippen LogP contribution in [0.25, 0.3) is 11.3 Å². The van der Waals surface area contributed by atoms with Gasteiger partial charge in [0.1, 0.15) is 18.4 Å². The molecule has 0 unspecified atom stereocenters. The number of carboxylic acids is 2. The Labute approximate surface area is 246 Å². The van der Waals surface area contributed by atoms with Crippen molar-refractivity contribution >= 4 is 23.7 Å². The molecule has 2 aromatic carbocycles. The second kappa shape index (κ2) is 18.2. The van der Waals surface area contributed by atoms with Gasteiger partial charge in [-0.05, 0) is 87.0 Å². The fourth-order valence-electron chi connectivity index (χ4n) is 4.12. The Morgan fingerprint density at radius 1 is 0.976 bits per heavy atom. The monoisotopic (exact) mass is 585 g/mol. The molecule has 3 aromatic rings. The van der Waals surface area contributed by atoms with Gasteiger partial charge < -0.3 is 35.7 Å². The molecule has 41 heavy (non-hydrogen) atoms. The zero-order chi connectivity index (χ0) is 30.2. The molecule has 0 fully saturated rings. The normalized spacial score (nSPS) is 12.2. The van der Waals surface area contributed by atoms with Crippen LogP contribution in [-0.2, 0) is 27.3 Å². The number of rotatable bonds is 16. The van der Waals surface area contributed by atoms with E-state index in [-0.39, 0.29) is 0 Å². The third-order valence-electron chi connectivity index (χ3n) is 6.44. The lowest BCUT2D eigenvalue weighted by atomic mass is 10.1. The lowest BCUT2D eigenvalue weighted by molar-refractivity contribution is -0.150. The van der Waals surface area contributed by atoms with Gasteiger partial charge in [-0.15, -0.1) is 11.8 Å². The van der Waals surface area contributed by atoms with E-state index >= 15 is 0 Å². The van der Waals surface area contributed by atoms with Gasteiger partial charge in [-0.1, -0.05) is 30.7 Å². The molecule has 9 nitrogen and oxygen atoms in total. The van der Waals surface area contributed by atoms with Crippen LogP contribution >= 0.6 is 11.8 Å². The highest BCUT2D eigenvalue weighted by Crippen LogP contribution is 2.25. The zero-order valence-corrected chi connectivity index (χ0v) is 24.9. The lowest BCUT2D eigenvalue weighted by Crippen LogP contribution is -2.29. The Kier molecular flexibility index (Phi) is 15.0. The van der Waals surface area contributed by atoms with Crippen molar-refractivity contribution < 1.29 is 29.3 Å². The SMILES string of the molecule is CCO[C@@H](Cc1ccc(OCCn2c(C)ccc2-c2ccc(SC)cc2)cc1)C(=O)O.NCCCC[C@H](N)C(=O)O. The summed E-state index contributed by atoms with van der Waals surface area (Å²) < 4.78 is 13.5. The van der Waals surface area contributed by atoms with E-state index in [1.54, 1.807) is 18.7 Å². The molecule has 2 atom stereocenters. The zero-order valence-electron chi connectivity index (χ0n) is 24.1. The Balaban J connectivity index is 0.000000503. The summed E-state index contributed by atoms with van der Waals surface area (Å²) in [5.41, 5.74) is 14.9. The van der Waals surface area contributed by atoms with Crippen LogP contribution < -0.4 is 16.2 Å². The van der Waals surface area contributed by atoms with Crippen LogP contribution in [0.5, 0.6) is 5.75 Å². The molecule has 0 bridgehead atoms. The number of hydrogen-bond acceptors (Lipinski definition) is 7. The van der Waals surface area contributed by atoms with E-state index in [2.05, 4.69) is 54.1 Å². The Morgan fingerprint density at radius 2 is 1.66 bits per heavy atom. The molecule has 0 aliphatic carbocycles. The first-order valence-electron chi connectivity index (χ1n) is 13.7. The van der Waals surface area contributed by atoms with Gasteiger partial charge in [0, 0.05) is 29.3 Å². The number of aliphatic carboxylic acids is 2. The number of benzene rings is 2. The number of aryl methyl sites for hydroxylation is 1. The molecular weight excluding hydrogens is 542 g/mol. The maximum atomic E-state index is 11.3. The summed E-state index contributed by atoms with van der Waals surface area (Å²) in [6.45, 7) is 6.16. The van der Waals surface area contributed by atoms with E-state index in [0.29, 0.717) is 32.6 Å². The highest BCUT2D eigenvalue weighted by molar-refractivity contribution is 7.98. The summed E-state index contributed by atoms with van der Waals surface area (Å²) in [6.07, 6.45) is 3.76. The molecule has 6 N–H and O–H groups in total. The van der Waals surface area contributed by atoms with Gasteiger partial charge in [0.05, 0.1) is 6.54 Å². The van der Waals surface area contributed by atoms with Crippen LogP contribution in [0.1, 0.15) is 37.4 Å². The van der Waals surface area contributed by atoms with Gasteiger partial charge in [-0.3, -0.25) is 4.79 Å². The predicted octanol–water partition coefficient (Wildman–Crippen LogP) is 4.82. The van der Waals surface area contributed by atoms with Gasteiger partial charge in [0.25, 0.3) is 0 Å². The molecule has 1 heterocycles. The first-order chi connectivity index (χ1) is 19.7. The maximum absolute atomic E-state index is 11.3. The first-order valence-corrected chi connectivity index (χ1v) is 15.0. The number of carbonyl (C=O) groups is 2. The van der Waals surface area contributed by atoms with Crippen molar-refractivity contribution in [1.29, 1.82) is 0 Å². The van der Waals surface area contributed by atoms with Crippen LogP contribution in [0.4, 0.5) is 0 Å². The van der Waals surface area contributed by atoms with Gasteiger partial charge >= 0.3 is 11.9 Å². The fourth-order valence-corrected chi connectivity index (χ4v) is 4.53. The highest BCUT2D eigenvalue weighted by atomic mass is 32.2. The van der Waals surface area contributed by atoms with Crippen LogP contribution in [-0.4, -0.2) is 64.9 Å². The average molecular weight is 586 g/mol. The largest absolute Gasteiger partial charge is 0.492 e. The molecule has 0 aliphatic rings. The number of carboxylic acid groups (broad SMARTS) is 2. The summed E-state index contributed by atoms with van der Waals surface area (Å²) in [7, 11) is 0. The number of aromatic nitrogens is 1. The van der Waals surface area contributed by atoms with Crippen LogP contribution in [0.15, 0.2) is 65.6 Å². The molecule has 0 aliphatic heterocycles. The number of thioether (sulfide) groups is 1. The van der Waals surface area contributed by atoms with E-state index in [0.717, 1.165) is 30.7 Å². The second-order valence-corrected chi connectivity index (χ2v) is 10.3. The summed E-state index contributed by atoms with van der Waals surface area (Å²) in [4.78, 5) is 22.6. The van der Waals surface area contributed by atoms with Crippen molar-refractivity contribution in [3.8, 4) is 17.0 Å². The third kappa shape index (κ3) is 11.6. The van der Waals surface area contributed by atoms with Gasteiger partial charge in [-0.2, -0.15) is 0 Å². The predicted molar refractivity (Wildman–Crippen MR) is 164 cm³/mol. The Hall–Kier alpha value is -3.31. The molecule has 0 saturated carbocycles. The standard InChI is InChI=1S/C25H29NO4S.C6H14N2O2/c1-4-29-24(25(27)28)17-19-6-10-21(11-7-19)30-16-15-26-18(2)5-14-23(26)20-8-12-22(31-3)13-9-20;7-4-2-1-3-5(8)6(9)10/h5-14,24H,4,15-17H2,1-3H3,(H,27,28);5H,1-4,7-8H2,(H,9,10)/t24-;5-/m00/s1. The van der Waals surface area contributed by atoms with Gasteiger partial charge in [-0.25, -0.2) is 4.79 Å². The van der Waals surface area contributed by atoms with Crippen LogP contribution in [0.2, 0.25) is 0 Å². The van der Waals surface area contributed by atoms with Crippen molar-refractivity contribution in [2.24, 2.45) is 11.5 Å². The quantitative estimate of drug-likeness (QED) is 0.137. The number of nitrogens with two attached hydrogens (primary N) is 2. The smallest absolute Gasteiger partial charge is 0.333 e. The second-order valence-electron chi connectivity index (χ2n) is 9.45. The molecule has 3 rings (SSSR count). The van der Waals surface area contributed by atoms with Crippen LogP contribution in [0, 0.1) is 6.92 Å². The molecule has 1 aromatic heterocycles. The Bertz CT molecular complexity index is 1200. The average Bonchev–Trinajstić information content (AvgIpc) is 3.33. The van der Waals surface area contributed by atoms with Gasteiger partial charge in [0.15, 0.2) is 6.10 Å². The number of nitrogens with zero attached hydrogens (tertiary/aromatic N) is 1. The molecule has 0 spiro atoms. The topological polar surface area (TPSA) is 150 Å². The third-order valence-corrected chi connectivity index (χ3v) is 7.19. The fraction of sp³-hybridized carbons (Fsp3) is 0.419. The lowest BCUT2D eigenvalue weighted by Gasteiger charge is -2.14. The molecule has 0 saturated heterocycles.